The molecule has 5 atom stereocenters. The van der Waals surface area contributed by atoms with Crippen LogP contribution < -0.4 is 5.73 Å². The standard InChI is InChI=1S/C6H11NO6/c7-5(11)4-2(9)1(8)3(10)6(12)13-4/h1-4,6,8-10,12H,(H2,7,11)/t1-,2+,3?,4?,6?/m0/s1. The summed E-state index contributed by atoms with van der Waals surface area (Å²) in [7, 11) is 0. The van der Waals surface area contributed by atoms with Gasteiger partial charge in [0.2, 0.25) is 5.91 Å². The Morgan fingerprint density at radius 1 is 1.08 bits per heavy atom. The Hall–Kier alpha value is -0.730. The molecule has 0 aromatic rings. The van der Waals surface area contributed by atoms with E-state index in [0.717, 1.165) is 0 Å². The second-order valence-corrected chi connectivity index (χ2v) is 2.82. The topological polar surface area (TPSA) is 133 Å². The lowest BCUT2D eigenvalue weighted by Gasteiger charge is -2.36. The summed E-state index contributed by atoms with van der Waals surface area (Å²) in [6.07, 6.45) is -8.16. The molecule has 1 amide bonds. The molecule has 1 fully saturated rings. The molecule has 0 aliphatic carbocycles. The third kappa shape index (κ3) is 1.79. The van der Waals surface area contributed by atoms with E-state index in [1.807, 2.05) is 0 Å². The monoisotopic (exact) mass is 193 g/mol. The Balaban J connectivity index is 2.76. The molecule has 76 valence electrons. The Morgan fingerprint density at radius 3 is 2.08 bits per heavy atom. The van der Waals surface area contributed by atoms with Crippen LogP contribution in [0.1, 0.15) is 0 Å². The SMILES string of the molecule is NC(=O)C1OC(O)C(O)[C@@H](O)[C@H]1O. The first-order valence-corrected chi connectivity index (χ1v) is 3.62. The summed E-state index contributed by atoms with van der Waals surface area (Å²) < 4.78 is 4.46. The Morgan fingerprint density at radius 2 is 1.62 bits per heavy atom. The van der Waals surface area contributed by atoms with Crippen LogP contribution in [0.5, 0.6) is 0 Å². The van der Waals surface area contributed by atoms with E-state index in [0.29, 0.717) is 0 Å². The van der Waals surface area contributed by atoms with Crippen LogP contribution in [0.3, 0.4) is 0 Å². The van der Waals surface area contributed by atoms with Gasteiger partial charge in [-0.25, -0.2) is 0 Å². The van der Waals surface area contributed by atoms with Crippen LogP contribution in [-0.4, -0.2) is 57.0 Å². The fourth-order valence-corrected chi connectivity index (χ4v) is 1.10. The average molecular weight is 193 g/mol. The maximum atomic E-state index is 10.6. The van der Waals surface area contributed by atoms with Gasteiger partial charge in [-0.15, -0.1) is 0 Å². The number of hydrogen-bond donors (Lipinski definition) is 5. The molecule has 0 radical (unpaired) electrons. The fourth-order valence-electron chi connectivity index (χ4n) is 1.10. The second kappa shape index (κ2) is 3.56. The van der Waals surface area contributed by atoms with Crippen molar-refractivity contribution in [1.29, 1.82) is 0 Å². The zero-order valence-corrected chi connectivity index (χ0v) is 6.57. The molecule has 1 aliphatic rings. The number of nitrogens with two attached hydrogens (primary N) is 1. The molecule has 0 spiro atoms. The van der Waals surface area contributed by atoms with Gasteiger partial charge < -0.3 is 30.9 Å². The quantitative estimate of drug-likeness (QED) is 0.291. The van der Waals surface area contributed by atoms with Crippen molar-refractivity contribution in [1.82, 2.24) is 0 Å². The molecule has 0 aromatic heterocycles. The van der Waals surface area contributed by atoms with E-state index in [-0.39, 0.29) is 0 Å². The molecule has 6 N–H and O–H groups in total. The van der Waals surface area contributed by atoms with Gasteiger partial charge in [0.05, 0.1) is 0 Å². The highest BCUT2D eigenvalue weighted by Crippen LogP contribution is 2.19. The molecule has 1 rings (SSSR count). The molecule has 0 aromatic carbocycles. The predicted molar refractivity (Wildman–Crippen MR) is 38.1 cm³/mol. The van der Waals surface area contributed by atoms with Crippen LogP contribution in [0.15, 0.2) is 0 Å². The number of carbonyl (C=O) groups excluding carboxylic acids is 1. The van der Waals surface area contributed by atoms with Gasteiger partial charge in [-0.3, -0.25) is 4.79 Å². The van der Waals surface area contributed by atoms with Crippen molar-refractivity contribution in [3.63, 3.8) is 0 Å². The molecule has 0 bridgehead atoms. The average Bonchev–Trinajstić information content (AvgIpc) is 2.07. The third-order valence-electron chi connectivity index (χ3n) is 1.87. The molecule has 1 saturated heterocycles. The molecule has 1 heterocycles. The summed E-state index contributed by atoms with van der Waals surface area (Å²) in [4.78, 5) is 10.6. The van der Waals surface area contributed by atoms with Crippen LogP contribution in [0, 0.1) is 0 Å². The number of primary amides is 1. The van der Waals surface area contributed by atoms with Crippen LogP contribution in [0.25, 0.3) is 0 Å². The zero-order valence-electron chi connectivity index (χ0n) is 6.57. The lowest BCUT2D eigenvalue weighted by atomic mass is 9.99. The predicted octanol–water partition coefficient (Wildman–Crippen LogP) is -3.73. The van der Waals surface area contributed by atoms with Crippen LogP contribution in [-0.2, 0) is 9.53 Å². The maximum absolute atomic E-state index is 10.6. The van der Waals surface area contributed by atoms with Gasteiger partial charge in [0, 0.05) is 0 Å². The van der Waals surface area contributed by atoms with Gasteiger partial charge in [-0.2, -0.15) is 0 Å². The number of carbonyl (C=O) groups is 1. The first-order valence-electron chi connectivity index (χ1n) is 3.62. The summed E-state index contributed by atoms with van der Waals surface area (Å²) in [5, 5.41) is 36.2. The minimum atomic E-state index is -1.73. The lowest BCUT2D eigenvalue weighted by molar-refractivity contribution is -0.275. The van der Waals surface area contributed by atoms with Crippen LogP contribution in [0.4, 0.5) is 0 Å². The Bertz CT molecular complexity index is 209. The Labute approximate surface area is 73.4 Å². The largest absolute Gasteiger partial charge is 0.387 e. The van der Waals surface area contributed by atoms with E-state index in [9.17, 15) is 4.79 Å². The number of aliphatic hydroxyl groups is 4. The highest BCUT2D eigenvalue weighted by Gasteiger charge is 2.45. The van der Waals surface area contributed by atoms with Crippen molar-refractivity contribution < 1.29 is 30.0 Å². The number of aliphatic hydroxyl groups excluding tert-OH is 4. The van der Waals surface area contributed by atoms with Gasteiger partial charge in [0.15, 0.2) is 12.4 Å². The first kappa shape index (κ1) is 10.4. The molecule has 7 nitrogen and oxygen atoms in total. The maximum Gasteiger partial charge on any atom is 0.249 e. The summed E-state index contributed by atoms with van der Waals surface area (Å²) in [5.41, 5.74) is 4.80. The number of hydrogen-bond acceptors (Lipinski definition) is 6. The van der Waals surface area contributed by atoms with Crippen LogP contribution >= 0.6 is 0 Å². The minimum absolute atomic E-state index is 1.02. The van der Waals surface area contributed by atoms with Crippen molar-refractivity contribution in [2.75, 3.05) is 0 Å². The van der Waals surface area contributed by atoms with Gasteiger partial charge in [-0.05, 0) is 0 Å². The van der Waals surface area contributed by atoms with E-state index in [4.69, 9.17) is 26.2 Å². The van der Waals surface area contributed by atoms with Crippen molar-refractivity contribution in [2.45, 2.75) is 30.7 Å². The fraction of sp³-hybridized carbons (Fsp3) is 0.833. The van der Waals surface area contributed by atoms with Gasteiger partial charge in [0.1, 0.15) is 18.3 Å². The van der Waals surface area contributed by atoms with E-state index in [1.165, 1.54) is 0 Å². The van der Waals surface area contributed by atoms with E-state index in [2.05, 4.69) is 4.74 Å². The van der Waals surface area contributed by atoms with Gasteiger partial charge in [0.25, 0.3) is 0 Å². The smallest absolute Gasteiger partial charge is 0.249 e. The van der Waals surface area contributed by atoms with Gasteiger partial charge >= 0.3 is 0 Å². The highest BCUT2D eigenvalue weighted by atomic mass is 16.6. The van der Waals surface area contributed by atoms with Gasteiger partial charge in [-0.1, -0.05) is 0 Å². The van der Waals surface area contributed by atoms with Crippen molar-refractivity contribution in [3.8, 4) is 0 Å². The first-order chi connectivity index (χ1) is 5.95. The molecule has 13 heavy (non-hydrogen) atoms. The number of ether oxygens (including phenoxy) is 1. The van der Waals surface area contributed by atoms with E-state index >= 15 is 0 Å². The molecular weight excluding hydrogens is 182 g/mol. The van der Waals surface area contributed by atoms with Crippen molar-refractivity contribution in [3.05, 3.63) is 0 Å². The summed E-state index contributed by atoms with van der Waals surface area (Å²) in [6, 6.07) is 0. The van der Waals surface area contributed by atoms with E-state index < -0.39 is 36.6 Å². The number of rotatable bonds is 1. The lowest BCUT2D eigenvalue weighted by Crippen LogP contribution is -2.60. The summed E-state index contributed by atoms with van der Waals surface area (Å²) >= 11 is 0. The highest BCUT2D eigenvalue weighted by molar-refractivity contribution is 5.79. The molecule has 0 saturated carbocycles. The normalized spacial score (nSPS) is 46.0. The third-order valence-corrected chi connectivity index (χ3v) is 1.87. The molecule has 3 unspecified atom stereocenters. The van der Waals surface area contributed by atoms with E-state index in [1.54, 1.807) is 0 Å². The van der Waals surface area contributed by atoms with Crippen molar-refractivity contribution in [2.24, 2.45) is 5.73 Å². The number of amides is 1. The minimum Gasteiger partial charge on any atom is -0.387 e. The van der Waals surface area contributed by atoms with Crippen LogP contribution in [0.2, 0.25) is 0 Å². The Kier molecular flexibility index (Phi) is 2.84. The zero-order chi connectivity index (χ0) is 10.2. The summed E-state index contributed by atoms with van der Waals surface area (Å²) in [5.74, 6) is -1.02. The second-order valence-electron chi connectivity index (χ2n) is 2.82. The molecule has 7 heteroatoms. The van der Waals surface area contributed by atoms with Crippen molar-refractivity contribution >= 4 is 5.91 Å². The molecule has 1 aliphatic heterocycles. The molecular formula is C6H11NO6. The summed E-state index contributed by atoms with van der Waals surface area (Å²) in [6.45, 7) is 0.